The summed E-state index contributed by atoms with van der Waals surface area (Å²) in [5, 5.41) is 0. The minimum Gasteiger partial charge on any atom is -0.282 e. The number of aryl methyl sites for hydroxylation is 1. The molecule has 1 aromatic rings. The molecule has 0 unspecified atom stereocenters. The molecule has 0 aliphatic rings. The van der Waals surface area contributed by atoms with Crippen LogP contribution < -0.4 is 0 Å². The van der Waals surface area contributed by atoms with E-state index in [1.807, 2.05) is 0 Å². The third-order valence-electron chi connectivity index (χ3n) is 1.65. The molecule has 3 nitrogen and oxygen atoms in total. The summed E-state index contributed by atoms with van der Waals surface area (Å²) in [5.41, 5.74) is 0.564. The second-order valence-corrected chi connectivity index (χ2v) is 4.79. The highest BCUT2D eigenvalue weighted by Gasteiger charge is 2.17. The van der Waals surface area contributed by atoms with Crippen LogP contribution in [0.15, 0.2) is 28.0 Å². The van der Waals surface area contributed by atoms with Gasteiger partial charge in [-0.3, -0.25) is 4.55 Å². The molecule has 0 aliphatic carbocycles. The molecule has 0 bridgehead atoms. The zero-order valence-electron chi connectivity index (χ0n) is 7.31. The van der Waals surface area contributed by atoms with Crippen molar-refractivity contribution in [1.82, 2.24) is 0 Å². The van der Waals surface area contributed by atoms with E-state index in [4.69, 9.17) is 4.55 Å². The molecule has 0 atom stereocenters. The first-order chi connectivity index (χ1) is 5.96. The molecule has 0 amide bonds. The Kier molecular flexibility index (Phi) is 3.00. The van der Waals surface area contributed by atoms with Crippen molar-refractivity contribution in [2.24, 2.45) is 0 Å². The van der Waals surface area contributed by atoms with Gasteiger partial charge in [0, 0.05) is 4.90 Å². The van der Waals surface area contributed by atoms with E-state index in [9.17, 15) is 8.42 Å². The van der Waals surface area contributed by atoms with Crippen molar-refractivity contribution < 1.29 is 13.0 Å². The minimum absolute atomic E-state index is 0.0162. The van der Waals surface area contributed by atoms with Gasteiger partial charge in [0.1, 0.15) is 4.90 Å². The lowest BCUT2D eigenvalue weighted by Crippen LogP contribution is -2.02. The summed E-state index contributed by atoms with van der Waals surface area (Å²) < 4.78 is 30.9. The van der Waals surface area contributed by atoms with Gasteiger partial charge in [0.2, 0.25) is 0 Å². The highest BCUT2D eigenvalue weighted by atomic mass is 32.2. The molecular formula is C8H10O3S2. The molecule has 0 aliphatic heterocycles. The topological polar surface area (TPSA) is 54.4 Å². The van der Waals surface area contributed by atoms with Gasteiger partial charge in [0.05, 0.1) is 0 Å². The Morgan fingerprint density at radius 1 is 1.38 bits per heavy atom. The lowest BCUT2D eigenvalue weighted by Gasteiger charge is -2.06. The summed E-state index contributed by atoms with van der Waals surface area (Å²) in [7, 11) is -4.10. The van der Waals surface area contributed by atoms with Crippen LogP contribution in [0.4, 0.5) is 0 Å². The lowest BCUT2D eigenvalue weighted by molar-refractivity contribution is 0.480. The van der Waals surface area contributed by atoms with Crippen LogP contribution in [0.5, 0.6) is 0 Å². The molecule has 0 heterocycles. The molecule has 0 saturated heterocycles. The third kappa shape index (κ3) is 2.24. The average molecular weight is 218 g/mol. The Morgan fingerprint density at radius 2 is 2.00 bits per heavy atom. The maximum absolute atomic E-state index is 11.0. The SMILES string of the molecule is CSc1cccc(C)c1S(=O)(=O)O. The third-order valence-corrected chi connectivity index (χ3v) is 3.62. The van der Waals surface area contributed by atoms with Crippen molar-refractivity contribution in [3.63, 3.8) is 0 Å². The smallest absolute Gasteiger partial charge is 0.282 e. The molecule has 1 aromatic carbocycles. The summed E-state index contributed by atoms with van der Waals surface area (Å²) in [6.45, 7) is 1.66. The largest absolute Gasteiger partial charge is 0.295 e. The summed E-state index contributed by atoms with van der Waals surface area (Å²) in [6, 6.07) is 5.08. The Morgan fingerprint density at radius 3 is 2.38 bits per heavy atom. The maximum Gasteiger partial charge on any atom is 0.295 e. The highest BCUT2D eigenvalue weighted by molar-refractivity contribution is 7.99. The molecular weight excluding hydrogens is 208 g/mol. The first kappa shape index (κ1) is 10.6. The van der Waals surface area contributed by atoms with Crippen LogP contribution >= 0.6 is 11.8 Å². The zero-order valence-corrected chi connectivity index (χ0v) is 8.95. The summed E-state index contributed by atoms with van der Waals surface area (Å²) in [4.78, 5) is 0.588. The molecule has 0 saturated carbocycles. The Bertz CT molecular complexity index is 409. The van der Waals surface area contributed by atoms with Gasteiger partial charge in [-0.15, -0.1) is 11.8 Å². The monoisotopic (exact) mass is 218 g/mol. The average Bonchev–Trinajstić information content (AvgIpc) is 2.01. The van der Waals surface area contributed by atoms with Crippen LogP contribution in [-0.4, -0.2) is 19.2 Å². The van der Waals surface area contributed by atoms with Crippen molar-refractivity contribution in [2.75, 3.05) is 6.26 Å². The van der Waals surface area contributed by atoms with Crippen LogP contribution in [0.25, 0.3) is 0 Å². The number of benzene rings is 1. The second kappa shape index (κ2) is 3.69. The maximum atomic E-state index is 11.0. The fraction of sp³-hybridized carbons (Fsp3) is 0.250. The number of rotatable bonds is 2. The van der Waals surface area contributed by atoms with E-state index in [-0.39, 0.29) is 4.90 Å². The molecule has 0 aromatic heterocycles. The standard InChI is InChI=1S/C8H10O3S2/c1-6-4-3-5-7(12-2)8(6)13(9,10)11/h3-5H,1-2H3,(H,9,10,11). The number of hydrogen-bond acceptors (Lipinski definition) is 3. The Labute approximate surface area is 81.9 Å². The Hall–Kier alpha value is -0.520. The molecule has 0 radical (unpaired) electrons. The van der Waals surface area contributed by atoms with Gasteiger partial charge < -0.3 is 0 Å². The molecule has 1 rings (SSSR count). The van der Waals surface area contributed by atoms with E-state index < -0.39 is 10.1 Å². The van der Waals surface area contributed by atoms with Crippen molar-refractivity contribution >= 4 is 21.9 Å². The lowest BCUT2D eigenvalue weighted by atomic mass is 10.2. The first-order valence-electron chi connectivity index (χ1n) is 3.58. The van der Waals surface area contributed by atoms with Gasteiger partial charge in [-0.05, 0) is 24.8 Å². The number of thioether (sulfide) groups is 1. The Balaban J connectivity index is 3.50. The van der Waals surface area contributed by atoms with Gasteiger partial charge in [-0.1, -0.05) is 12.1 Å². The molecule has 13 heavy (non-hydrogen) atoms. The van der Waals surface area contributed by atoms with Gasteiger partial charge >= 0.3 is 0 Å². The quantitative estimate of drug-likeness (QED) is 0.609. The normalized spacial score (nSPS) is 11.6. The summed E-state index contributed by atoms with van der Waals surface area (Å²) >= 11 is 1.30. The van der Waals surface area contributed by atoms with Crippen LogP contribution in [0.1, 0.15) is 5.56 Å². The van der Waals surface area contributed by atoms with Gasteiger partial charge in [-0.25, -0.2) is 0 Å². The van der Waals surface area contributed by atoms with Crippen molar-refractivity contribution in [3.05, 3.63) is 23.8 Å². The predicted molar refractivity (Wildman–Crippen MR) is 52.8 cm³/mol. The molecule has 1 N–H and O–H groups in total. The van der Waals surface area contributed by atoms with Gasteiger partial charge in [0.25, 0.3) is 10.1 Å². The van der Waals surface area contributed by atoms with Crippen molar-refractivity contribution in [1.29, 1.82) is 0 Å². The van der Waals surface area contributed by atoms with Crippen molar-refractivity contribution in [3.8, 4) is 0 Å². The van der Waals surface area contributed by atoms with Crippen LogP contribution in [0.3, 0.4) is 0 Å². The summed E-state index contributed by atoms with van der Waals surface area (Å²) in [5.74, 6) is 0. The fourth-order valence-electron chi connectivity index (χ4n) is 1.12. The van der Waals surface area contributed by atoms with Gasteiger partial charge in [-0.2, -0.15) is 8.42 Å². The zero-order chi connectivity index (χ0) is 10.1. The predicted octanol–water partition coefficient (Wildman–Crippen LogP) is 1.96. The second-order valence-electron chi connectivity index (χ2n) is 2.58. The molecule has 0 fully saturated rings. The van der Waals surface area contributed by atoms with Crippen LogP contribution in [-0.2, 0) is 10.1 Å². The molecule has 0 spiro atoms. The van der Waals surface area contributed by atoms with Crippen LogP contribution in [0.2, 0.25) is 0 Å². The molecule has 5 heteroatoms. The van der Waals surface area contributed by atoms with Crippen molar-refractivity contribution in [2.45, 2.75) is 16.7 Å². The summed E-state index contributed by atoms with van der Waals surface area (Å²) in [6.07, 6.45) is 1.77. The van der Waals surface area contributed by atoms with E-state index in [1.54, 1.807) is 31.4 Å². The fourth-order valence-corrected chi connectivity index (χ4v) is 3.04. The number of hydrogen-bond donors (Lipinski definition) is 1. The van der Waals surface area contributed by atoms with E-state index in [0.29, 0.717) is 10.5 Å². The van der Waals surface area contributed by atoms with Gasteiger partial charge in [0.15, 0.2) is 0 Å². The first-order valence-corrected chi connectivity index (χ1v) is 6.24. The van der Waals surface area contributed by atoms with E-state index in [0.717, 1.165) is 0 Å². The van der Waals surface area contributed by atoms with E-state index in [2.05, 4.69) is 0 Å². The highest BCUT2D eigenvalue weighted by Crippen LogP contribution is 2.27. The minimum atomic E-state index is -4.10. The van der Waals surface area contributed by atoms with E-state index >= 15 is 0 Å². The molecule has 72 valence electrons. The van der Waals surface area contributed by atoms with Crippen LogP contribution in [0, 0.1) is 6.92 Å². The van der Waals surface area contributed by atoms with E-state index in [1.165, 1.54) is 11.8 Å².